The Kier molecular flexibility index (Phi) is 12.1. The highest BCUT2D eigenvalue weighted by molar-refractivity contribution is 7.80. The zero-order valence-electron chi connectivity index (χ0n) is 19.3. The van der Waals surface area contributed by atoms with E-state index in [0.29, 0.717) is 18.8 Å². The van der Waals surface area contributed by atoms with Gasteiger partial charge < -0.3 is 14.8 Å². The Hall–Kier alpha value is -3.46. The largest absolute Gasteiger partial charge is 0.484 e. The molecular weight excluding hydrogens is 454 g/mol. The minimum absolute atomic E-state index is 0.0471. The van der Waals surface area contributed by atoms with Crippen LogP contribution in [-0.2, 0) is 32.0 Å². The SMILES string of the molecule is CCc1ccc(OCC(=O)NNC(=S)NC(=O)CCCC(=O)OCCCc2ccccc2)cc1. The molecule has 2 aromatic rings. The second-order valence-electron chi connectivity index (χ2n) is 7.50. The van der Waals surface area contributed by atoms with Gasteiger partial charge in [0.05, 0.1) is 6.61 Å². The summed E-state index contributed by atoms with van der Waals surface area (Å²) < 4.78 is 10.6. The lowest BCUT2D eigenvalue weighted by molar-refractivity contribution is -0.143. The number of carbonyl (C=O) groups excluding carboxylic acids is 3. The molecule has 8 nitrogen and oxygen atoms in total. The van der Waals surface area contributed by atoms with Crippen molar-refractivity contribution in [3.05, 3.63) is 65.7 Å². The van der Waals surface area contributed by atoms with Gasteiger partial charge in [-0.3, -0.25) is 25.2 Å². The van der Waals surface area contributed by atoms with Crippen molar-refractivity contribution in [2.75, 3.05) is 13.2 Å². The molecule has 2 rings (SSSR count). The number of hydrazine groups is 1. The summed E-state index contributed by atoms with van der Waals surface area (Å²) in [6.45, 7) is 2.20. The summed E-state index contributed by atoms with van der Waals surface area (Å²) in [6, 6.07) is 17.4. The lowest BCUT2D eigenvalue weighted by atomic mass is 10.1. The maximum Gasteiger partial charge on any atom is 0.305 e. The van der Waals surface area contributed by atoms with E-state index in [9.17, 15) is 14.4 Å². The van der Waals surface area contributed by atoms with Crippen molar-refractivity contribution in [1.82, 2.24) is 16.2 Å². The first-order valence-electron chi connectivity index (χ1n) is 11.3. The molecule has 0 radical (unpaired) electrons. The minimum atomic E-state index is -0.453. The summed E-state index contributed by atoms with van der Waals surface area (Å²) in [7, 11) is 0. The number of carbonyl (C=O) groups is 3. The highest BCUT2D eigenvalue weighted by Crippen LogP contribution is 2.12. The Morgan fingerprint density at radius 3 is 2.29 bits per heavy atom. The van der Waals surface area contributed by atoms with Crippen LogP contribution in [0.25, 0.3) is 0 Å². The van der Waals surface area contributed by atoms with Gasteiger partial charge in [0.15, 0.2) is 11.7 Å². The molecule has 34 heavy (non-hydrogen) atoms. The lowest BCUT2D eigenvalue weighted by Crippen LogP contribution is -2.49. The van der Waals surface area contributed by atoms with Crippen molar-refractivity contribution < 1.29 is 23.9 Å². The van der Waals surface area contributed by atoms with E-state index < -0.39 is 5.91 Å². The fourth-order valence-corrected chi connectivity index (χ4v) is 3.09. The number of nitrogens with one attached hydrogen (secondary N) is 3. The summed E-state index contributed by atoms with van der Waals surface area (Å²) in [4.78, 5) is 35.6. The zero-order chi connectivity index (χ0) is 24.6. The highest BCUT2D eigenvalue weighted by atomic mass is 32.1. The van der Waals surface area contributed by atoms with E-state index in [2.05, 4.69) is 23.1 Å². The summed E-state index contributed by atoms with van der Waals surface area (Å²) in [5.41, 5.74) is 7.17. The third-order valence-corrected chi connectivity index (χ3v) is 4.97. The summed E-state index contributed by atoms with van der Waals surface area (Å²) in [5, 5.41) is 2.39. The molecular formula is C25H31N3O5S. The smallest absolute Gasteiger partial charge is 0.305 e. The lowest BCUT2D eigenvalue weighted by Gasteiger charge is -2.11. The van der Waals surface area contributed by atoms with Gasteiger partial charge in [-0.1, -0.05) is 49.4 Å². The number of rotatable bonds is 12. The highest BCUT2D eigenvalue weighted by Gasteiger charge is 2.09. The molecule has 0 fully saturated rings. The molecule has 0 aliphatic carbocycles. The molecule has 2 aromatic carbocycles. The predicted octanol–water partition coefficient (Wildman–Crippen LogP) is 3.00. The maximum absolute atomic E-state index is 11.9. The molecule has 3 N–H and O–H groups in total. The second-order valence-corrected chi connectivity index (χ2v) is 7.91. The van der Waals surface area contributed by atoms with Crippen LogP contribution in [0.1, 0.15) is 43.7 Å². The number of hydrogen-bond acceptors (Lipinski definition) is 6. The van der Waals surface area contributed by atoms with E-state index in [1.807, 2.05) is 42.5 Å². The van der Waals surface area contributed by atoms with Gasteiger partial charge in [0.25, 0.3) is 5.91 Å². The molecule has 0 saturated carbocycles. The van der Waals surface area contributed by atoms with Gasteiger partial charge in [-0.25, -0.2) is 0 Å². The van der Waals surface area contributed by atoms with E-state index in [1.54, 1.807) is 12.1 Å². The third kappa shape index (κ3) is 11.4. The number of thiocarbonyl (C=S) groups is 1. The molecule has 9 heteroatoms. The minimum Gasteiger partial charge on any atom is -0.484 e. The van der Waals surface area contributed by atoms with Gasteiger partial charge in [-0.2, -0.15) is 0 Å². The van der Waals surface area contributed by atoms with E-state index >= 15 is 0 Å². The Morgan fingerprint density at radius 2 is 1.59 bits per heavy atom. The summed E-state index contributed by atoms with van der Waals surface area (Å²) in [6.07, 6.45) is 3.10. The van der Waals surface area contributed by atoms with Crippen molar-refractivity contribution in [2.45, 2.75) is 45.4 Å². The monoisotopic (exact) mass is 485 g/mol. The fraction of sp³-hybridized carbons (Fsp3) is 0.360. The molecule has 2 amide bonds. The van der Waals surface area contributed by atoms with Gasteiger partial charge in [0.1, 0.15) is 5.75 Å². The van der Waals surface area contributed by atoms with Crippen LogP contribution in [-0.4, -0.2) is 36.1 Å². The molecule has 0 heterocycles. The van der Waals surface area contributed by atoms with Gasteiger partial charge in [0, 0.05) is 12.8 Å². The first kappa shape index (κ1) is 26.8. The van der Waals surface area contributed by atoms with E-state index in [0.717, 1.165) is 19.3 Å². The second kappa shape index (κ2) is 15.4. The molecule has 0 unspecified atom stereocenters. The van der Waals surface area contributed by atoms with Crippen LogP contribution >= 0.6 is 12.2 Å². The third-order valence-electron chi connectivity index (χ3n) is 4.77. The topological polar surface area (TPSA) is 106 Å². The predicted molar refractivity (Wildman–Crippen MR) is 133 cm³/mol. The molecule has 0 aliphatic rings. The van der Waals surface area contributed by atoms with Gasteiger partial charge >= 0.3 is 5.97 Å². The molecule has 0 bridgehead atoms. The summed E-state index contributed by atoms with van der Waals surface area (Å²) >= 11 is 4.98. The van der Waals surface area contributed by atoms with Gasteiger partial charge in [-0.15, -0.1) is 0 Å². The molecule has 182 valence electrons. The van der Waals surface area contributed by atoms with E-state index in [-0.39, 0.29) is 36.4 Å². The number of ether oxygens (including phenoxy) is 2. The number of aryl methyl sites for hydroxylation is 2. The van der Waals surface area contributed by atoms with Crippen LogP contribution in [0.3, 0.4) is 0 Å². The zero-order valence-corrected chi connectivity index (χ0v) is 20.1. The quantitative estimate of drug-likeness (QED) is 0.184. The van der Waals surface area contributed by atoms with Crippen molar-refractivity contribution in [3.8, 4) is 5.75 Å². The Labute approximate surface area is 205 Å². The Morgan fingerprint density at radius 1 is 0.853 bits per heavy atom. The maximum atomic E-state index is 11.9. The van der Waals surface area contributed by atoms with Crippen LogP contribution in [0.4, 0.5) is 0 Å². The number of hydrogen-bond donors (Lipinski definition) is 3. The van der Waals surface area contributed by atoms with E-state index in [4.69, 9.17) is 21.7 Å². The molecule has 0 atom stereocenters. The standard InChI is InChI=1S/C25H31N3O5S/c1-2-19-13-15-21(16-14-19)33-18-23(30)27-28-25(34)26-22(29)11-6-12-24(31)32-17-7-10-20-8-4-3-5-9-20/h3-5,8-9,13-16H,2,6-7,10-12,17-18H2,1H3,(H,27,30)(H2,26,28,29,34). The average molecular weight is 486 g/mol. The van der Waals surface area contributed by atoms with Crippen LogP contribution in [0.2, 0.25) is 0 Å². The first-order valence-corrected chi connectivity index (χ1v) is 11.7. The molecule has 0 aliphatic heterocycles. The van der Waals surface area contributed by atoms with Crippen LogP contribution in [0.15, 0.2) is 54.6 Å². The van der Waals surface area contributed by atoms with Crippen LogP contribution < -0.4 is 20.9 Å². The van der Waals surface area contributed by atoms with Crippen molar-refractivity contribution >= 4 is 35.1 Å². The van der Waals surface area contributed by atoms with Crippen molar-refractivity contribution in [2.24, 2.45) is 0 Å². The molecule has 0 saturated heterocycles. The first-order chi connectivity index (χ1) is 16.5. The number of amides is 2. The van der Waals surface area contributed by atoms with Crippen LogP contribution in [0, 0.1) is 0 Å². The van der Waals surface area contributed by atoms with Gasteiger partial charge in [0.2, 0.25) is 5.91 Å². The van der Waals surface area contributed by atoms with Crippen molar-refractivity contribution in [1.29, 1.82) is 0 Å². The normalized spacial score (nSPS) is 10.1. The Balaban J connectivity index is 1.49. The summed E-state index contributed by atoms with van der Waals surface area (Å²) in [5.74, 6) is -0.571. The number of benzene rings is 2. The molecule has 0 aromatic heterocycles. The fourth-order valence-electron chi connectivity index (χ4n) is 2.93. The van der Waals surface area contributed by atoms with Crippen molar-refractivity contribution in [3.63, 3.8) is 0 Å². The van der Waals surface area contributed by atoms with Gasteiger partial charge in [-0.05, 0) is 61.2 Å². The van der Waals surface area contributed by atoms with Crippen LogP contribution in [0.5, 0.6) is 5.75 Å². The molecule has 0 spiro atoms. The Bertz CT molecular complexity index is 935. The number of esters is 1. The van der Waals surface area contributed by atoms with E-state index in [1.165, 1.54) is 11.1 Å². The average Bonchev–Trinajstić information content (AvgIpc) is 2.85.